The van der Waals surface area contributed by atoms with E-state index in [1.54, 1.807) is 0 Å². The number of hydrogen-bond acceptors (Lipinski definition) is 3. The number of thiol groups is 2. The minimum atomic E-state index is -0.292. The van der Waals surface area contributed by atoms with Gasteiger partial charge in [0.2, 0.25) is 0 Å². The van der Waals surface area contributed by atoms with E-state index in [9.17, 15) is 0 Å². The second-order valence-electron chi connectivity index (χ2n) is 1.42. The van der Waals surface area contributed by atoms with Crippen LogP contribution < -0.4 is 5.73 Å². The van der Waals surface area contributed by atoms with E-state index in [0.29, 0.717) is 6.54 Å². The van der Waals surface area contributed by atoms with Crippen molar-refractivity contribution in [1.82, 2.24) is 0 Å². The summed E-state index contributed by atoms with van der Waals surface area (Å²) in [6.45, 7) is 2.35. The number of nitrogens with two attached hydrogens (primary N) is 1. The van der Waals surface area contributed by atoms with Crippen LogP contribution in [0.3, 0.4) is 0 Å². The monoisotopic (exact) mass is 123 g/mol. The van der Waals surface area contributed by atoms with E-state index in [4.69, 9.17) is 5.73 Å². The summed E-state index contributed by atoms with van der Waals surface area (Å²) in [6, 6.07) is 0. The average molecular weight is 123 g/mol. The van der Waals surface area contributed by atoms with Crippen LogP contribution in [0.1, 0.15) is 6.92 Å². The SMILES string of the molecule is CC(S)(S)CN. The van der Waals surface area contributed by atoms with Crippen molar-refractivity contribution in [3.8, 4) is 0 Å². The van der Waals surface area contributed by atoms with Crippen LogP contribution in [0.4, 0.5) is 0 Å². The smallest absolute Gasteiger partial charge is 0.0645 e. The van der Waals surface area contributed by atoms with Gasteiger partial charge in [-0.25, -0.2) is 0 Å². The lowest BCUT2D eigenvalue weighted by Gasteiger charge is -2.10. The van der Waals surface area contributed by atoms with Gasteiger partial charge in [0, 0.05) is 6.54 Å². The summed E-state index contributed by atoms with van der Waals surface area (Å²) < 4.78 is -0.292. The van der Waals surface area contributed by atoms with Crippen molar-refractivity contribution < 1.29 is 0 Å². The van der Waals surface area contributed by atoms with Crippen LogP contribution in [0.15, 0.2) is 0 Å². The molecular weight excluding hydrogens is 114 g/mol. The third-order valence-electron chi connectivity index (χ3n) is 0.387. The molecule has 0 saturated heterocycles. The van der Waals surface area contributed by atoms with Crippen LogP contribution >= 0.6 is 25.3 Å². The van der Waals surface area contributed by atoms with Gasteiger partial charge in [-0.1, -0.05) is 0 Å². The Bertz CT molecular complexity index is 38.5. The predicted molar refractivity (Wildman–Crippen MR) is 35.4 cm³/mol. The predicted octanol–water partition coefficient (Wildman–Crippen LogP) is 0.521. The summed E-state index contributed by atoms with van der Waals surface area (Å²) in [5.41, 5.74) is 5.15. The standard InChI is InChI=1S/C3H9NS2/c1-3(5,6)2-4/h5-6H,2,4H2,1H3. The molecule has 0 aromatic heterocycles. The summed E-state index contributed by atoms with van der Waals surface area (Å²) >= 11 is 7.99. The second-order valence-corrected chi connectivity index (χ2v) is 3.75. The highest BCUT2D eigenvalue weighted by Gasteiger charge is 2.06. The average Bonchev–Trinajstić information content (AvgIpc) is 1.35. The van der Waals surface area contributed by atoms with Crippen molar-refractivity contribution in [2.45, 2.75) is 11.0 Å². The van der Waals surface area contributed by atoms with E-state index in [1.807, 2.05) is 6.92 Å². The fourth-order valence-corrected chi connectivity index (χ4v) is 0. The lowest BCUT2D eigenvalue weighted by molar-refractivity contribution is 0.906. The van der Waals surface area contributed by atoms with Gasteiger partial charge < -0.3 is 5.73 Å². The van der Waals surface area contributed by atoms with Crippen LogP contribution in [-0.2, 0) is 0 Å². The zero-order valence-electron chi connectivity index (χ0n) is 3.68. The van der Waals surface area contributed by atoms with E-state index in [1.165, 1.54) is 0 Å². The van der Waals surface area contributed by atoms with Crippen LogP contribution in [0, 0.1) is 0 Å². The molecule has 0 aliphatic heterocycles. The molecule has 0 rings (SSSR count). The zero-order valence-corrected chi connectivity index (χ0v) is 5.47. The molecule has 0 atom stereocenters. The highest BCUT2D eigenvalue weighted by molar-refractivity contribution is 8.00. The first-order valence-electron chi connectivity index (χ1n) is 1.71. The van der Waals surface area contributed by atoms with Gasteiger partial charge in [0.05, 0.1) is 4.08 Å². The van der Waals surface area contributed by atoms with Gasteiger partial charge in [-0.2, -0.15) is 25.3 Å². The Kier molecular flexibility index (Phi) is 2.33. The molecule has 0 aliphatic rings. The highest BCUT2D eigenvalue weighted by Crippen LogP contribution is 2.14. The van der Waals surface area contributed by atoms with Crippen LogP contribution in [0.25, 0.3) is 0 Å². The Labute approximate surface area is 49.1 Å². The van der Waals surface area contributed by atoms with Gasteiger partial charge in [-0.3, -0.25) is 0 Å². The molecule has 0 amide bonds. The third-order valence-corrected chi connectivity index (χ3v) is 0.752. The lowest BCUT2D eigenvalue weighted by Crippen LogP contribution is -2.20. The van der Waals surface area contributed by atoms with Crippen molar-refractivity contribution >= 4 is 25.3 Å². The summed E-state index contributed by atoms with van der Waals surface area (Å²) in [7, 11) is 0. The summed E-state index contributed by atoms with van der Waals surface area (Å²) in [5.74, 6) is 0. The van der Waals surface area contributed by atoms with Crippen molar-refractivity contribution in [3.05, 3.63) is 0 Å². The van der Waals surface area contributed by atoms with Gasteiger partial charge in [0.1, 0.15) is 0 Å². The maximum Gasteiger partial charge on any atom is 0.0645 e. The van der Waals surface area contributed by atoms with Crippen LogP contribution in [0.2, 0.25) is 0 Å². The fourth-order valence-electron chi connectivity index (χ4n) is 0. The first-order chi connectivity index (χ1) is 2.56. The van der Waals surface area contributed by atoms with E-state index in [-0.39, 0.29) is 4.08 Å². The molecule has 0 spiro atoms. The fraction of sp³-hybridized carbons (Fsp3) is 1.00. The molecule has 38 valence electrons. The van der Waals surface area contributed by atoms with E-state index < -0.39 is 0 Å². The van der Waals surface area contributed by atoms with Gasteiger partial charge in [0.15, 0.2) is 0 Å². The Morgan fingerprint density at radius 1 is 1.67 bits per heavy atom. The lowest BCUT2D eigenvalue weighted by atomic mass is 10.5. The Morgan fingerprint density at radius 3 is 1.83 bits per heavy atom. The minimum Gasteiger partial charge on any atom is -0.328 e. The molecule has 0 aliphatic carbocycles. The first kappa shape index (κ1) is 6.66. The third kappa shape index (κ3) is 4.66. The van der Waals surface area contributed by atoms with E-state index in [2.05, 4.69) is 25.3 Å². The summed E-state index contributed by atoms with van der Waals surface area (Å²) in [5, 5.41) is 0. The zero-order chi connectivity index (χ0) is 5.21. The van der Waals surface area contributed by atoms with Gasteiger partial charge >= 0.3 is 0 Å². The normalized spacial score (nSPS) is 12.0. The molecule has 0 saturated carbocycles. The Balaban J connectivity index is 3.17. The largest absolute Gasteiger partial charge is 0.328 e. The molecule has 0 heterocycles. The second kappa shape index (κ2) is 2.09. The molecule has 0 aromatic carbocycles. The number of hydrogen-bond donors (Lipinski definition) is 3. The minimum absolute atomic E-state index is 0.292. The molecule has 0 unspecified atom stereocenters. The quantitative estimate of drug-likeness (QED) is 0.344. The molecule has 1 nitrogen and oxygen atoms in total. The van der Waals surface area contributed by atoms with Crippen molar-refractivity contribution in [3.63, 3.8) is 0 Å². The molecule has 0 bridgehead atoms. The maximum atomic E-state index is 5.15. The molecule has 6 heavy (non-hydrogen) atoms. The summed E-state index contributed by atoms with van der Waals surface area (Å²) in [6.07, 6.45) is 0. The molecule has 0 radical (unpaired) electrons. The molecule has 0 aromatic rings. The maximum absolute atomic E-state index is 5.15. The van der Waals surface area contributed by atoms with Crippen molar-refractivity contribution in [2.24, 2.45) is 5.73 Å². The number of rotatable bonds is 1. The van der Waals surface area contributed by atoms with Crippen LogP contribution in [0.5, 0.6) is 0 Å². The topological polar surface area (TPSA) is 26.0 Å². The molecule has 2 N–H and O–H groups in total. The van der Waals surface area contributed by atoms with Crippen molar-refractivity contribution in [2.75, 3.05) is 6.54 Å². The first-order valence-corrected chi connectivity index (χ1v) is 2.60. The molecule has 3 heteroatoms. The van der Waals surface area contributed by atoms with Crippen LogP contribution in [-0.4, -0.2) is 10.6 Å². The Hall–Kier alpha value is 0.660. The van der Waals surface area contributed by atoms with Gasteiger partial charge in [-0.15, -0.1) is 0 Å². The highest BCUT2D eigenvalue weighted by atomic mass is 32.2. The van der Waals surface area contributed by atoms with E-state index >= 15 is 0 Å². The van der Waals surface area contributed by atoms with Crippen molar-refractivity contribution in [1.29, 1.82) is 0 Å². The summed E-state index contributed by atoms with van der Waals surface area (Å²) in [4.78, 5) is 0. The van der Waals surface area contributed by atoms with Gasteiger partial charge in [0.25, 0.3) is 0 Å². The molecular formula is C3H9NS2. The molecule has 0 fully saturated rings. The Morgan fingerprint density at radius 2 is 1.83 bits per heavy atom. The van der Waals surface area contributed by atoms with Gasteiger partial charge in [-0.05, 0) is 6.92 Å². The van der Waals surface area contributed by atoms with E-state index in [0.717, 1.165) is 0 Å².